The van der Waals surface area contributed by atoms with E-state index < -0.39 is 23.6 Å². The van der Waals surface area contributed by atoms with Crippen molar-refractivity contribution in [1.29, 1.82) is 0 Å². The van der Waals surface area contributed by atoms with Crippen molar-refractivity contribution in [3.05, 3.63) is 77.2 Å². The molecule has 0 bridgehead atoms. The van der Waals surface area contributed by atoms with Gasteiger partial charge in [0.2, 0.25) is 0 Å². The van der Waals surface area contributed by atoms with Gasteiger partial charge in [0, 0.05) is 31.3 Å². The van der Waals surface area contributed by atoms with Gasteiger partial charge in [-0.1, -0.05) is 18.2 Å². The summed E-state index contributed by atoms with van der Waals surface area (Å²) in [5.74, 6) is -1.05. The van der Waals surface area contributed by atoms with Crippen LogP contribution in [0.3, 0.4) is 0 Å². The molecule has 3 N–H and O–H groups in total. The Kier molecular flexibility index (Phi) is 6.19. The molecule has 160 valence electrons. The molecule has 0 fully saturated rings. The van der Waals surface area contributed by atoms with Gasteiger partial charge in [0.05, 0.1) is 22.4 Å². The third kappa shape index (κ3) is 5.16. The van der Waals surface area contributed by atoms with E-state index in [-0.39, 0.29) is 22.6 Å². The fourth-order valence-corrected chi connectivity index (χ4v) is 2.68. The van der Waals surface area contributed by atoms with Gasteiger partial charge in [0.15, 0.2) is 5.82 Å². The maximum absolute atomic E-state index is 12.9. The zero-order chi connectivity index (χ0) is 22.6. The number of para-hydroxylation sites is 1. The van der Waals surface area contributed by atoms with Crippen LogP contribution < -0.4 is 16.0 Å². The number of amides is 2. The first-order valence-corrected chi connectivity index (χ1v) is 9.07. The average molecular weight is 429 g/mol. The van der Waals surface area contributed by atoms with E-state index in [2.05, 4.69) is 25.9 Å². The first kappa shape index (κ1) is 21.8. The van der Waals surface area contributed by atoms with E-state index in [0.29, 0.717) is 18.0 Å². The number of aryl methyl sites for hydroxylation is 1. The van der Waals surface area contributed by atoms with Crippen molar-refractivity contribution < 1.29 is 22.8 Å². The third-order valence-electron chi connectivity index (χ3n) is 4.35. The van der Waals surface area contributed by atoms with E-state index in [0.717, 1.165) is 11.8 Å². The highest BCUT2D eigenvalue weighted by atomic mass is 19.4. The van der Waals surface area contributed by atoms with Crippen LogP contribution in [-0.2, 0) is 6.18 Å². The number of benzene rings is 1. The number of halogens is 3. The van der Waals surface area contributed by atoms with Crippen molar-refractivity contribution in [2.45, 2.75) is 13.1 Å². The lowest BCUT2D eigenvalue weighted by molar-refractivity contribution is -0.137. The topological polar surface area (TPSA) is 96.0 Å². The molecule has 0 atom stereocenters. The Balaban J connectivity index is 1.96. The smallest absolute Gasteiger partial charge is 0.355 e. The van der Waals surface area contributed by atoms with Crippen LogP contribution in [0.4, 0.5) is 30.4 Å². The predicted octanol–water partition coefficient (Wildman–Crippen LogP) is 4.16. The summed E-state index contributed by atoms with van der Waals surface area (Å²) in [5, 5.41) is 8.03. The summed E-state index contributed by atoms with van der Waals surface area (Å²) < 4.78 is 38.8. The molecule has 7 nitrogen and oxygen atoms in total. The molecule has 0 radical (unpaired) electrons. The Morgan fingerprint density at radius 1 is 0.935 bits per heavy atom. The van der Waals surface area contributed by atoms with Gasteiger partial charge in [0.25, 0.3) is 11.8 Å². The lowest BCUT2D eigenvalue weighted by atomic mass is 10.1. The van der Waals surface area contributed by atoms with Crippen LogP contribution in [0.25, 0.3) is 0 Å². The monoisotopic (exact) mass is 429 g/mol. The SMILES string of the molecule is CNC(=O)c1cnc(Nc2ccccc2C)c(NC(=O)c2cncc(C(F)(F)F)c2)c1. The minimum Gasteiger partial charge on any atom is -0.355 e. The van der Waals surface area contributed by atoms with Gasteiger partial charge < -0.3 is 16.0 Å². The largest absolute Gasteiger partial charge is 0.417 e. The van der Waals surface area contributed by atoms with Crippen molar-refractivity contribution >= 4 is 29.0 Å². The van der Waals surface area contributed by atoms with Gasteiger partial charge in [-0.05, 0) is 30.7 Å². The van der Waals surface area contributed by atoms with Crippen molar-refractivity contribution in [1.82, 2.24) is 15.3 Å². The minimum absolute atomic E-state index is 0.117. The number of carbonyl (C=O) groups is 2. The fraction of sp³-hybridized carbons (Fsp3) is 0.143. The molecule has 3 aromatic rings. The molecule has 2 heterocycles. The van der Waals surface area contributed by atoms with E-state index in [1.807, 2.05) is 19.1 Å². The molecule has 2 amide bonds. The predicted molar refractivity (Wildman–Crippen MR) is 109 cm³/mol. The Morgan fingerprint density at radius 2 is 1.65 bits per heavy atom. The summed E-state index contributed by atoms with van der Waals surface area (Å²) in [5.41, 5.74) is 0.553. The van der Waals surface area contributed by atoms with Crippen LogP contribution in [0.1, 0.15) is 31.8 Å². The van der Waals surface area contributed by atoms with Gasteiger partial charge in [-0.2, -0.15) is 13.2 Å². The number of alkyl halides is 3. The Morgan fingerprint density at radius 3 is 2.32 bits per heavy atom. The van der Waals surface area contributed by atoms with E-state index in [1.165, 1.54) is 19.3 Å². The standard InChI is InChI=1S/C21H18F3N5O2/c1-12-5-3-4-6-16(12)28-18-17(8-14(10-27-18)19(30)25-2)29-20(31)13-7-15(11-26-9-13)21(22,23)24/h3-11H,1-2H3,(H,25,30)(H,27,28)(H,29,31). The normalized spacial score (nSPS) is 11.0. The van der Waals surface area contributed by atoms with Gasteiger partial charge in [-0.25, -0.2) is 4.98 Å². The van der Waals surface area contributed by atoms with Gasteiger partial charge in [-0.15, -0.1) is 0 Å². The zero-order valence-corrected chi connectivity index (χ0v) is 16.5. The zero-order valence-electron chi connectivity index (χ0n) is 16.5. The number of anilines is 3. The fourth-order valence-electron chi connectivity index (χ4n) is 2.68. The molecule has 0 aliphatic rings. The molecule has 0 saturated heterocycles. The Bertz CT molecular complexity index is 1130. The van der Waals surface area contributed by atoms with Crippen molar-refractivity contribution in [3.63, 3.8) is 0 Å². The van der Waals surface area contributed by atoms with Crippen molar-refractivity contribution in [3.8, 4) is 0 Å². The number of pyridine rings is 2. The molecule has 1 aromatic carbocycles. The quantitative estimate of drug-likeness (QED) is 0.566. The molecule has 0 aliphatic heterocycles. The molecule has 0 unspecified atom stereocenters. The summed E-state index contributed by atoms with van der Waals surface area (Å²) >= 11 is 0. The minimum atomic E-state index is -4.64. The summed E-state index contributed by atoms with van der Waals surface area (Å²) in [6.07, 6.45) is -1.66. The van der Waals surface area contributed by atoms with E-state index >= 15 is 0 Å². The third-order valence-corrected chi connectivity index (χ3v) is 4.35. The molecule has 2 aromatic heterocycles. The summed E-state index contributed by atoms with van der Waals surface area (Å²) in [4.78, 5) is 32.3. The maximum Gasteiger partial charge on any atom is 0.417 e. The van der Waals surface area contributed by atoms with Crippen LogP contribution in [0.5, 0.6) is 0 Å². The van der Waals surface area contributed by atoms with Crippen LogP contribution in [0.15, 0.2) is 55.0 Å². The van der Waals surface area contributed by atoms with Gasteiger partial charge >= 0.3 is 6.18 Å². The number of nitrogens with one attached hydrogen (secondary N) is 3. The lowest BCUT2D eigenvalue weighted by Gasteiger charge is -2.15. The van der Waals surface area contributed by atoms with Crippen LogP contribution >= 0.6 is 0 Å². The van der Waals surface area contributed by atoms with Crippen LogP contribution in [0, 0.1) is 6.92 Å². The highest BCUT2D eigenvalue weighted by Gasteiger charge is 2.31. The number of nitrogens with zero attached hydrogens (tertiary/aromatic N) is 2. The van der Waals surface area contributed by atoms with Crippen LogP contribution in [-0.4, -0.2) is 28.8 Å². The molecular formula is C21H18F3N5O2. The first-order chi connectivity index (χ1) is 14.7. The van der Waals surface area contributed by atoms with Crippen molar-refractivity contribution in [2.24, 2.45) is 0 Å². The summed E-state index contributed by atoms with van der Waals surface area (Å²) in [7, 11) is 1.44. The molecule has 0 saturated carbocycles. The number of carbonyl (C=O) groups excluding carboxylic acids is 2. The van der Waals surface area contributed by atoms with Gasteiger partial charge in [0.1, 0.15) is 0 Å². The second-order valence-corrected chi connectivity index (χ2v) is 6.55. The van der Waals surface area contributed by atoms with E-state index in [1.54, 1.807) is 12.1 Å². The number of hydrogen-bond donors (Lipinski definition) is 3. The second-order valence-electron chi connectivity index (χ2n) is 6.55. The molecule has 0 spiro atoms. The first-order valence-electron chi connectivity index (χ1n) is 9.07. The van der Waals surface area contributed by atoms with Gasteiger partial charge in [-0.3, -0.25) is 14.6 Å². The lowest BCUT2D eigenvalue weighted by Crippen LogP contribution is -2.20. The highest BCUT2D eigenvalue weighted by molar-refractivity contribution is 6.06. The number of rotatable bonds is 5. The molecular weight excluding hydrogens is 411 g/mol. The summed E-state index contributed by atoms with van der Waals surface area (Å²) in [6, 6.07) is 9.41. The number of aromatic nitrogens is 2. The Labute approximate surface area is 175 Å². The van der Waals surface area contributed by atoms with E-state index in [4.69, 9.17) is 0 Å². The molecule has 0 aliphatic carbocycles. The summed E-state index contributed by atoms with van der Waals surface area (Å²) in [6.45, 7) is 1.87. The molecule has 10 heteroatoms. The highest BCUT2D eigenvalue weighted by Crippen LogP contribution is 2.30. The molecule has 31 heavy (non-hydrogen) atoms. The second kappa shape index (κ2) is 8.82. The Hall–Kier alpha value is -3.95. The maximum atomic E-state index is 12.9. The van der Waals surface area contributed by atoms with E-state index in [9.17, 15) is 22.8 Å². The number of hydrogen-bond acceptors (Lipinski definition) is 5. The van der Waals surface area contributed by atoms with Crippen molar-refractivity contribution in [2.75, 3.05) is 17.7 Å². The average Bonchev–Trinajstić information content (AvgIpc) is 2.75. The van der Waals surface area contributed by atoms with Crippen LogP contribution in [0.2, 0.25) is 0 Å². The molecule has 3 rings (SSSR count).